The lowest BCUT2D eigenvalue weighted by Crippen LogP contribution is -2.01. The predicted octanol–water partition coefficient (Wildman–Crippen LogP) is 3.27. The van der Waals surface area contributed by atoms with Crippen LogP contribution < -0.4 is 0 Å². The highest BCUT2D eigenvalue weighted by Crippen LogP contribution is 2.29. The van der Waals surface area contributed by atoms with Crippen molar-refractivity contribution in [2.24, 2.45) is 0 Å². The van der Waals surface area contributed by atoms with Crippen molar-refractivity contribution in [2.75, 3.05) is 0 Å². The topological polar surface area (TPSA) is 37.3 Å². The Balaban J connectivity index is 3.13. The molecular formula is C8H5Cl3O2. The molecule has 5 heteroatoms. The lowest BCUT2D eigenvalue weighted by molar-refractivity contribution is -0.136. The van der Waals surface area contributed by atoms with E-state index in [4.69, 9.17) is 39.9 Å². The molecule has 0 aliphatic carbocycles. The molecule has 0 aromatic heterocycles. The van der Waals surface area contributed by atoms with Crippen molar-refractivity contribution < 1.29 is 9.90 Å². The number of carboxylic acids is 1. The number of rotatable bonds is 2. The van der Waals surface area contributed by atoms with Gasteiger partial charge in [-0.05, 0) is 12.1 Å². The van der Waals surface area contributed by atoms with Crippen molar-refractivity contribution in [3.63, 3.8) is 0 Å². The van der Waals surface area contributed by atoms with Crippen LogP contribution in [0.3, 0.4) is 0 Å². The van der Waals surface area contributed by atoms with Crippen molar-refractivity contribution in [2.45, 2.75) is 6.42 Å². The van der Waals surface area contributed by atoms with Crippen LogP contribution in [0.15, 0.2) is 12.1 Å². The Kier molecular flexibility index (Phi) is 3.42. The first kappa shape index (κ1) is 10.6. The maximum Gasteiger partial charge on any atom is 0.307 e. The normalized spacial score (nSPS) is 10.1. The van der Waals surface area contributed by atoms with Crippen LogP contribution in [0.2, 0.25) is 15.1 Å². The number of aliphatic carboxylic acids is 1. The average Bonchev–Trinajstić information content (AvgIpc) is 1.96. The second-order valence-electron chi connectivity index (χ2n) is 2.42. The van der Waals surface area contributed by atoms with E-state index < -0.39 is 5.97 Å². The van der Waals surface area contributed by atoms with E-state index in [2.05, 4.69) is 0 Å². The van der Waals surface area contributed by atoms with Gasteiger partial charge in [0.25, 0.3) is 0 Å². The molecular weight excluding hydrogens is 234 g/mol. The van der Waals surface area contributed by atoms with Gasteiger partial charge in [-0.1, -0.05) is 34.8 Å². The summed E-state index contributed by atoms with van der Waals surface area (Å²) in [5.74, 6) is -0.980. The molecule has 0 amide bonds. The summed E-state index contributed by atoms with van der Waals surface area (Å²) < 4.78 is 0. The fourth-order valence-corrected chi connectivity index (χ4v) is 1.84. The van der Waals surface area contributed by atoms with E-state index in [0.717, 1.165) is 0 Å². The van der Waals surface area contributed by atoms with E-state index in [9.17, 15) is 4.79 Å². The van der Waals surface area contributed by atoms with Gasteiger partial charge in [0.2, 0.25) is 0 Å². The number of benzene rings is 1. The van der Waals surface area contributed by atoms with Crippen LogP contribution in [-0.2, 0) is 11.2 Å². The Morgan fingerprint density at radius 1 is 1.23 bits per heavy atom. The maximum atomic E-state index is 10.4. The van der Waals surface area contributed by atoms with E-state index in [1.54, 1.807) is 0 Å². The van der Waals surface area contributed by atoms with Gasteiger partial charge in [0, 0.05) is 20.6 Å². The van der Waals surface area contributed by atoms with Crippen LogP contribution in [0, 0.1) is 0 Å². The minimum absolute atomic E-state index is 0.200. The Bertz CT molecular complexity index is 326. The molecule has 1 aromatic carbocycles. The minimum atomic E-state index is -0.980. The number of hydrogen-bond acceptors (Lipinski definition) is 1. The van der Waals surface area contributed by atoms with Gasteiger partial charge in [0.15, 0.2) is 0 Å². The summed E-state index contributed by atoms with van der Waals surface area (Å²) in [6, 6.07) is 2.93. The molecule has 1 aromatic rings. The number of halogens is 3. The standard InChI is InChI=1S/C8H5Cl3O2/c9-4-1-6(10)5(3-8(12)13)7(11)2-4/h1-2H,3H2,(H,12,13). The van der Waals surface area contributed by atoms with Gasteiger partial charge in [-0.25, -0.2) is 0 Å². The van der Waals surface area contributed by atoms with Crippen molar-refractivity contribution in [3.05, 3.63) is 32.8 Å². The van der Waals surface area contributed by atoms with Crippen molar-refractivity contribution in [3.8, 4) is 0 Å². The Morgan fingerprint density at radius 2 is 1.69 bits per heavy atom. The Morgan fingerprint density at radius 3 is 2.08 bits per heavy atom. The monoisotopic (exact) mass is 238 g/mol. The molecule has 0 bridgehead atoms. The first-order valence-electron chi connectivity index (χ1n) is 3.36. The van der Waals surface area contributed by atoms with Crippen LogP contribution in [0.5, 0.6) is 0 Å². The SMILES string of the molecule is O=C(O)Cc1c(Cl)cc(Cl)cc1Cl. The molecule has 0 saturated carbocycles. The Labute approximate surface area is 90.0 Å². The number of carbonyl (C=O) groups is 1. The molecule has 0 aliphatic rings. The molecule has 0 spiro atoms. The highest BCUT2D eigenvalue weighted by atomic mass is 35.5. The van der Waals surface area contributed by atoms with Crippen LogP contribution >= 0.6 is 34.8 Å². The second kappa shape index (κ2) is 4.18. The van der Waals surface area contributed by atoms with Crippen LogP contribution in [0.4, 0.5) is 0 Å². The third-order valence-corrected chi connectivity index (χ3v) is 2.33. The molecule has 1 N–H and O–H groups in total. The maximum absolute atomic E-state index is 10.4. The quantitative estimate of drug-likeness (QED) is 0.860. The highest BCUT2D eigenvalue weighted by molar-refractivity contribution is 6.39. The summed E-state index contributed by atoms with van der Waals surface area (Å²) in [5.41, 5.74) is 0.389. The van der Waals surface area contributed by atoms with Gasteiger partial charge in [-0.15, -0.1) is 0 Å². The lowest BCUT2D eigenvalue weighted by Gasteiger charge is -2.04. The highest BCUT2D eigenvalue weighted by Gasteiger charge is 2.10. The third kappa shape index (κ3) is 2.76. The van der Waals surface area contributed by atoms with Gasteiger partial charge < -0.3 is 5.11 Å². The fraction of sp³-hybridized carbons (Fsp3) is 0.125. The summed E-state index contributed by atoms with van der Waals surface area (Å²) in [7, 11) is 0. The minimum Gasteiger partial charge on any atom is -0.481 e. The van der Waals surface area contributed by atoms with E-state index in [1.165, 1.54) is 12.1 Å². The summed E-state index contributed by atoms with van der Waals surface area (Å²) >= 11 is 17.1. The van der Waals surface area contributed by atoms with E-state index >= 15 is 0 Å². The van der Waals surface area contributed by atoms with E-state index in [0.29, 0.717) is 10.6 Å². The van der Waals surface area contributed by atoms with Gasteiger partial charge in [0.1, 0.15) is 0 Å². The first-order chi connectivity index (χ1) is 6.00. The summed E-state index contributed by atoms with van der Waals surface area (Å²) in [6.07, 6.45) is -0.200. The Hall–Kier alpha value is -0.440. The van der Waals surface area contributed by atoms with Crippen molar-refractivity contribution in [1.82, 2.24) is 0 Å². The molecule has 70 valence electrons. The molecule has 0 radical (unpaired) electrons. The zero-order valence-corrected chi connectivity index (χ0v) is 8.62. The van der Waals surface area contributed by atoms with Crippen LogP contribution in [-0.4, -0.2) is 11.1 Å². The van der Waals surface area contributed by atoms with Gasteiger partial charge in [-0.3, -0.25) is 4.79 Å². The summed E-state index contributed by atoms with van der Waals surface area (Å²) in [5, 5.41) is 9.48. The largest absolute Gasteiger partial charge is 0.481 e. The predicted molar refractivity (Wildman–Crippen MR) is 52.8 cm³/mol. The summed E-state index contributed by atoms with van der Waals surface area (Å²) in [6.45, 7) is 0. The zero-order valence-electron chi connectivity index (χ0n) is 6.35. The smallest absolute Gasteiger partial charge is 0.307 e. The number of carboxylic acid groups (broad SMARTS) is 1. The van der Waals surface area contributed by atoms with Gasteiger partial charge in [0.05, 0.1) is 6.42 Å². The van der Waals surface area contributed by atoms with Gasteiger partial charge >= 0.3 is 5.97 Å². The van der Waals surface area contributed by atoms with Gasteiger partial charge in [-0.2, -0.15) is 0 Å². The van der Waals surface area contributed by atoms with E-state index in [1.807, 2.05) is 0 Å². The van der Waals surface area contributed by atoms with Crippen molar-refractivity contribution in [1.29, 1.82) is 0 Å². The lowest BCUT2D eigenvalue weighted by atomic mass is 10.1. The fourth-order valence-electron chi connectivity index (χ4n) is 0.892. The molecule has 1 rings (SSSR count). The second-order valence-corrected chi connectivity index (χ2v) is 3.67. The van der Waals surface area contributed by atoms with Crippen LogP contribution in [0.1, 0.15) is 5.56 Å². The van der Waals surface area contributed by atoms with Crippen molar-refractivity contribution >= 4 is 40.8 Å². The molecule has 0 unspecified atom stereocenters. The molecule has 0 aliphatic heterocycles. The average molecular weight is 239 g/mol. The molecule has 0 heterocycles. The zero-order chi connectivity index (χ0) is 10.0. The molecule has 0 atom stereocenters. The molecule has 0 saturated heterocycles. The first-order valence-corrected chi connectivity index (χ1v) is 4.49. The molecule has 2 nitrogen and oxygen atoms in total. The molecule has 13 heavy (non-hydrogen) atoms. The van der Waals surface area contributed by atoms with Crippen LogP contribution in [0.25, 0.3) is 0 Å². The summed E-state index contributed by atoms with van der Waals surface area (Å²) in [4.78, 5) is 10.4. The van der Waals surface area contributed by atoms with E-state index in [-0.39, 0.29) is 16.5 Å². The third-order valence-electron chi connectivity index (χ3n) is 1.43. The molecule has 0 fully saturated rings. The number of hydrogen-bond donors (Lipinski definition) is 1.